The number of amides is 4. The van der Waals surface area contributed by atoms with Crippen molar-refractivity contribution in [2.24, 2.45) is 0 Å². The molecule has 222 valence electrons. The fraction of sp³-hybridized carbons (Fsp3) is 0. The van der Waals surface area contributed by atoms with Crippen LogP contribution in [0.1, 0.15) is 63.7 Å². The molecule has 0 radical (unpaired) electrons. The van der Waals surface area contributed by atoms with Gasteiger partial charge in [-0.2, -0.15) is 0 Å². The summed E-state index contributed by atoms with van der Waals surface area (Å²) in [7, 11) is 0. The van der Waals surface area contributed by atoms with E-state index in [2.05, 4.69) is 34.3 Å². The monoisotopic (exact) mass is 609 g/mol. The summed E-state index contributed by atoms with van der Waals surface area (Å²) in [5.74, 6) is 8.77. The van der Waals surface area contributed by atoms with Crippen LogP contribution in [-0.4, -0.2) is 23.6 Å². The quantitative estimate of drug-likeness (QED) is 0.179. The highest BCUT2D eigenvalue weighted by atomic mass is 16.2. The molecular formula is C40H23N3O4. The van der Waals surface area contributed by atoms with Gasteiger partial charge in [-0.3, -0.25) is 19.2 Å². The zero-order chi connectivity index (χ0) is 32.9. The third-order valence-electron chi connectivity index (χ3n) is 7.33. The Morgan fingerprint density at radius 2 is 1.02 bits per heavy atom. The van der Waals surface area contributed by atoms with E-state index in [4.69, 9.17) is 12.8 Å². The highest BCUT2D eigenvalue weighted by molar-refractivity contribution is 6.35. The number of anilines is 3. The zero-order valence-corrected chi connectivity index (χ0v) is 24.7. The van der Waals surface area contributed by atoms with Gasteiger partial charge < -0.3 is 10.6 Å². The molecule has 0 bridgehead atoms. The van der Waals surface area contributed by atoms with Crippen LogP contribution in [0, 0.1) is 36.5 Å². The van der Waals surface area contributed by atoms with Crippen molar-refractivity contribution < 1.29 is 19.2 Å². The van der Waals surface area contributed by atoms with E-state index in [1.54, 1.807) is 66.7 Å². The minimum Gasteiger partial charge on any atom is -0.322 e. The number of terminal acetylenes is 2. The molecule has 0 fully saturated rings. The number of nitrogens with zero attached hydrogens (tertiary/aromatic N) is 1. The van der Waals surface area contributed by atoms with Gasteiger partial charge in [0.2, 0.25) is 0 Å². The zero-order valence-electron chi connectivity index (χ0n) is 24.7. The van der Waals surface area contributed by atoms with Crippen LogP contribution in [0.25, 0.3) is 0 Å². The molecular weight excluding hydrogens is 586 g/mol. The van der Waals surface area contributed by atoms with Gasteiger partial charge in [-0.15, -0.1) is 12.8 Å². The van der Waals surface area contributed by atoms with Crippen molar-refractivity contribution in [3.63, 3.8) is 0 Å². The van der Waals surface area contributed by atoms with Gasteiger partial charge in [0.05, 0.1) is 16.8 Å². The van der Waals surface area contributed by atoms with Gasteiger partial charge in [-0.1, -0.05) is 41.9 Å². The molecule has 0 aliphatic carbocycles. The van der Waals surface area contributed by atoms with E-state index >= 15 is 0 Å². The van der Waals surface area contributed by atoms with Crippen molar-refractivity contribution >= 4 is 40.7 Å². The van der Waals surface area contributed by atoms with Crippen LogP contribution >= 0.6 is 0 Å². The van der Waals surface area contributed by atoms with Crippen molar-refractivity contribution in [1.29, 1.82) is 0 Å². The molecule has 0 aromatic heterocycles. The van der Waals surface area contributed by atoms with Crippen molar-refractivity contribution in [3.05, 3.63) is 160 Å². The molecule has 7 nitrogen and oxygen atoms in total. The normalized spacial score (nSPS) is 11.4. The third-order valence-corrected chi connectivity index (χ3v) is 7.33. The number of benzene rings is 5. The van der Waals surface area contributed by atoms with Gasteiger partial charge in [0.25, 0.3) is 23.6 Å². The minimum atomic E-state index is -0.605. The van der Waals surface area contributed by atoms with Gasteiger partial charge in [0.1, 0.15) is 0 Å². The van der Waals surface area contributed by atoms with Crippen LogP contribution in [0.5, 0.6) is 0 Å². The molecule has 0 saturated carbocycles. The van der Waals surface area contributed by atoms with Crippen LogP contribution < -0.4 is 15.5 Å². The Morgan fingerprint density at radius 1 is 0.532 bits per heavy atom. The Balaban J connectivity index is 1.35. The number of nitrogens with one attached hydrogen (secondary N) is 2. The van der Waals surface area contributed by atoms with E-state index in [0.29, 0.717) is 28.1 Å². The molecule has 5 aromatic rings. The molecule has 4 amide bonds. The molecule has 0 unspecified atom stereocenters. The SMILES string of the molecule is C#Cc1ccc(NC(=O)c2cc(C(=O)Nc3ccc(C#C)cc3)cc(N3C(=O)c4ccc(C#Cc5ccccc5)cc4C3=O)c2)cc1. The second kappa shape index (κ2) is 12.8. The van der Waals surface area contributed by atoms with Crippen molar-refractivity contribution in [2.45, 2.75) is 0 Å². The molecule has 1 aliphatic heterocycles. The fourth-order valence-electron chi connectivity index (χ4n) is 4.93. The van der Waals surface area contributed by atoms with E-state index in [9.17, 15) is 19.2 Å². The van der Waals surface area contributed by atoms with Crippen molar-refractivity contribution in [1.82, 2.24) is 0 Å². The molecule has 0 saturated heterocycles. The smallest absolute Gasteiger partial charge is 0.266 e. The van der Waals surface area contributed by atoms with E-state index in [1.165, 1.54) is 18.2 Å². The van der Waals surface area contributed by atoms with Crippen LogP contribution in [0.15, 0.2) is 115 Å². The average molecular weight is 610 g/mol. The number of imide groups is 1. The maximum atomic E-state index is 13.7. The van der Waals surface area contributed by atoms with Crippen molar-refractivity contribution in [3.8, 4) is 36.5 Å². The van der Waals surface area contributed by atoms with E-state index in [1.807, 2.05) is 30.3 Å². The Hall–Kier alpha value is -7.14. The topological polar surface area (TPSA) is 95.6 Å². The highest BCUT2D eigenvalue weighted by Gasteiger charge is 2.37. The first-order chi connectivity index (χ1) is 22.8. The first-order valence-corrected chi connectivity index (χ1v) is 14.3. The summed E-state index contributed by atoms with van der Waals surface area (Å²) in [5, 5.41) is 5.54. The van der Waals surface area contributed by atoms with Gasteiger partial charge >= 0.3 is 0 Å². The lowest BCUT2D eigenvalue weighted by atomic mass is 10.1. The lowest BCUT2D eigenvalue weighted by Crippen LogP contribution is -2.30. The van der Waals surface area contributed by atoms with Crippen molar-refractivity contribution in [2.75, 3.05) is 15.5 Å². The largest absolute Gasteiger partial charge is 0.322 e. The van der Waals surface area contributed by atoms with E-state index in [0.717, 1.165) is 10.5 Å². The maximum absolute atomic E-state index is 13.7. The molecule has 5 aromatic carbocycles. The third kappa shape index (κ3) is 6.40. The lowest BCUT2D eigenvalue weighted by molar-refractivity contribution is 0.0922. The lowest BCUT2D eigenvalue weighted by Gasteiger charge is -2.17. The molecule has 0 spiro atoms. The Bertz CT molecular complexity index is 2140. The number of hydrogen-bond donors (Lipinski definition) is 2. The fourth-order valence-corrected chi connectivity index (χ4v) is 4.93. The highest BCUT2D eigenvalue weighted by Crippen LogP contribution is 2.31. The number of carbonyl (C=O) groups excluding carboxylic acids is 4. The molecule has 2 N–H and O–H groups in total. The maximum Gasteiger partial charge on any atom is 0.266 e. The average Bonchev–Trinajstić information content (AvgIpc) is 3.36. The first-order valence-electron chi connectivity index (χ1n) is 14.3. The van der Waals surface area contributed by atoms with Crippen LogP contribution in [-0.2, 0) is 0 Å². The summed E-state index contributed by atoms with van der Waals surface area (Å²) in [4.78, 5) is 55.2. The second-order valence-electron chi connectivity index (χ2n) is 10.4. The first kappa shape index (κ1) is 29.9. The second-order valence-corrected chi connectivity index (χ2v) is 10.4. The standard InChI is InChI=1S/C40H23N3O4/c1-3-26-12-17-32(18-13-26)41-37(44)30-23-31(38(45)42-33-19-14-27(4-2)15-20-33)25-34(24-30)43-39(46)35-21-16-29(22-36(35)40(43)47)11-10-28-8-6-5-7-9-28/h1-2,5-9,12-25H,(H,41,44)(H,42,45). The molecule has 0 atom stereocenters. The summed E-state index contributed by atoms with van der Waals surface area (Å²) in [5.41, 5.74) is 4.04. The number of hydrogen-bond acceptors (Lipinski definition) is 4. The Labute approximate surface area is 271 Å². The summed E-state index contributed by atoms with van der Waals surface area (Å²) in [6.45, 7) is 0. The van der Waals surface area contributed by atoms with Gasteiger partial charge in [-0.05, 0) is 97.1 Å². The van der Waals surface area contributed by atoms with Gasteiger partial charge in [-0.25, -0.2) is 4.90 Å². The molecule has 1 aliphatic rings. The minimum absolute atomic E-state index is 0.0438. The van der Waals surface area contributed by atoms with E-state index in [-0.39, 0.29) is 27.9 Å². The Morgan fingerprint density at radius 3 is 1.55 bits per heavy atom. The predicted octanol–water partition coefficient (Wildman–Crippen LogP) is 6.35. The number of carbonyl (C=O) groups is 4. The Kier molecular flexibility index (Phi) is 8.17. The number of fused-ring (bicyclic) bond motifs is 1. The van der Waals surface area contributed by atoms with Gasteiger partial charge in [0, 0.05) is 44.8 Å². The van der Waals surface area contributed by atoms with Crippen LogP contribution in [0.4, 0.5) is 17.1 Å². The number of rotatable bonds is 5. The van der Waals surface area contributed by atoms with E-state index < -0.39 is 23.6 Å². The summed E-state index contributed by atoms with van der Waals surface area (Å²) in [6.07, 6.45) is 10.9. The van der Waals surface area contributed by atoms with Crippen LogP contribution in [0.3, 0.4) is 0 Å². The molecule has 7 heteroatoms. The summed E-state index contributed by atoms with van der Waals surface area (Å²) >= 11 is 0. The summed E-state index contributed by atoms with van der Waals surface area (Å²) in [6, 6.07) is 31.6. The molecule has 6 rings (SSSR count). The summed E-state index contributed by atoms with van der Waals surface area (Å²) < 4.78 is 0. The molecule has 1 heterocycles. The predicted molar refractivity (Wildman–Crippen MR) is 181 cm³/mol. The molecule has 47 heavy (non-hydrogen) atoms. The van der Waals surface area contributed by atoms with Crippen LogP contribution in [0.2, 0.25) is 0 Å². The van der Waals surface area contributed by atoms with Gasteiger partial charge in [0.15, 0.2) is 0 Å².